The first kappa shape index (κ1) is 19.1. The Morgan fingerprint density at radius 1 is 1.37 bits per heavy atom. The summed E-state index contributed by atoms with van der Waals surface area (Å²) in [4.78, 5) is 27.0. The molecule has 27 heavy (non-hydrogen) atoms. The van der Waals surface area contributed by atoms with Crippen molar-refractivity contribution in [3.63, 3.8) is 0 Å². The molecule has 1 saturated heterocycles. The molecule has 0 radical (unpaired) electrons. The monoisotopic (exact) mass is 375 g/mol. The van der Waals surface area contributed by atoms with E-state index in [1.807, 2.05) is 26.0 Å². The normalized spacial score (nSPS) is 20.9. The molecule has 1 fully saturated rings. The van der Waals surface area contributed by atoms with Crippen LogP contribution < -0.4 is 10.1 Å². The van der Waals surface area contributed by atoms with Crippen molar-refractivity contribution in [3.05, 3.63) is 18.2 Å². The number of aromatic nitrogens is 3. The Bertz CT molecular complexity index is 849. The SMILES string of the molecule is CNC(=O)[C@@H]1C[C@@H](O)CN1C(=O)C(C(C)C)n1nnc2c(OC)cccc21. The number of carbonyl (C=O) groups excluding carboxylic acids is 2. The fourth-order valence-corrected chi connectivity index (χ4v) is 3.62. The quantitative estimate of drug-likeness (QED) is 0.780. The highest BCUT2D eigenvalue weighted by atomic mass is 16.5. The molecule has 1 aliphatic heterocycles. The number of carbonyl (C=O) groups is 2. The van der Waals surface area contributed by atoms with Gasteiger partial charge in [0.25, 0.3) is 0 Å². The van der Waals surface area contributed by atoms with Crippen molar-refractivity contribution in [2.45, 2.75) is 38.5 Å². The maximum Gasteiger partial charge on any atom is 0.248 e. The van der Waals surface area contributed by atoms with Crippen LogP contribution in [0.5, 0.6) is 5.75 Å². The molecule has 9 nitrogen and oxygen atoms in total. The van der Waals surface area contributed by atoms with E-state index in [4.69, 9.17) is 4.74 Å². The van der Waals surface area contributed by atoms with Crippen molar-refractivity contribution >= 4 is 22.8 Å². The largest absolute Gasteiger partial charge is 0.494 e. The van der Waals surface area contributed by atoms with Crippen LogP contribution in [-0.4, -0.2) is 69.7 Å². The lowest BCUT2D eigenvalue weighted by atomic mass is 10.0. The number of β-amino-alcohol motifs (C(OH)–C–C–N with tert-alkyl or cyclic N) is 1. The Morgan fingerprint density at radius 2 is 2.11 bits per heavy atom. The molecule has 0 aliphatic carbocycles. The van der Waals surface area contributed by atoms with Gasteiger partial charge in [0.05, 0.1) is 18.7 Å². The minimum atomic E-state index is -0.725. The number of aliphatic hydroxyl groups excluding tert-OH is 1. The highest BCUT2D eigenvalue weighted by molar-refractivity contribution is 5.91. The Hall–Kier alpha value is -2.68. The molecule has 9 heteroatoms. The first-order valence-electron chi connectivity index (χ1n) is 8.97. The molecule has 1 unspecified atom stereocenters. The van der Waals surface area contributed by atoms with E-state index in [-0.39, 0.29) is 30.7 Å². The molecular weight excluding hydrogens is 350 g/mol. The first-order chi connectivity index (χ1) is 12.9. The Kier molecular flexibility index (Phi) is 5.31. The average Bonchev–Trinajstić information content (AvgIpc) is 3.24. The van der Waals surface area contributed by atoms with E-state index in [1.54, 1.807) is 17.9 Å². The average molecular weight is 375 g/mol. The molecule has 1 aromatic heterocycles. The number of likely N-dealkylation sites (tertiary alicyclic amines) is 1. The van der Waals surface area contributed by atoms with E-state index in [0.29, 0.717) is 16.8 Å². The van der Waals surface area contributed by atoms with Crippen LogP contribution in [0.4, 0.5) is 0 Å². The number of likely N-dealkylation sites (N-methyl/N-ethyl adjacent to an activating group) is 1. The summed E-state index contributed by atoms with van der Waals surface area (Å²) in [5.41, 5.74) is 1.25. The van der Waals surface area contributed by atoms with E-state index in [1.165, 1.54) is 11.9 Å². The van der Waals surface area contributed by atoms with Crippen molar-refractivity contribution in [1.82, 2.24) is 25.2 Å². The van der Waals surface area contributed by atoms with E-state index in [2.05, 4.69) is 15.6 Å². The van der Waals surface area contributed by atoms with E-state index in [9.17, 15) is 14.7 Å². The Morgan fingerprint density at radius 3 is 2.74 bits per heavy atom. The van der Waals surface area contributed by atoms with Gasteiger partial charge in [0.2, 0.25) is 11.8 Å². The summed E-state index contributed by atoms with van der Waals surface area (Å²) in [6, 6.07) is 4.08. The lowest BCUT2D eigenvalue weighted by Crippen LogP contribution is -2.48. The van der Waals surface area contributed by atoms with Crippen LogP contribution in [0, 0.1) is 5.92 Å². The lowest BCUT2D eigenvalue weighted by molar-refractivity contribution is -0.142. The van der Waals surface area contributed by atoms with Crippen molar-refractivity contribution in [2.24, 2.45) is 5.92 Å². The number of ether oxygens (including phenoxy) is 1. The van der Waals surface area contributed by atoms with Gasteiger partial charge in [0.15, 0.2) is 5.52 Å². The fraction of sp³-hybridized carbons (Fsp3) is 0.556. The molecule has 2 aromatic rings. The fourth-order valence-electron chi connectivity index (χ4n) is 3.62. The summed E-state index contributed by atoms with van der Waals surface area (Å²) < 4.78 is 6.90. The number of benzene rings is 1. The molecule has 0 spiro atoms. The van der Waals surface area contributed by atoms with Gasteiger partial charge in [-0.3, -0.25) is 9.59 Å². The zero-order valence-corrected chi connectivity index (χ0v) is 15.9. The second-order valence-corrected chi connectivity index (χ2v) is 7.06. The van der Waals surface area contributed by atoms with Crippen LogP contribution in [0.1, 0.15) is 26.3 Å². The summed E-state index contributed by atoms with van der Waals surface area (Å²) in [5.74, 6) is -0.0671. The summed E-state index contributed by atoms with van der Waals surface area (Å²) >= 11 is 0. The summed E-state index contributed by atoms with van der Waals surface area (Å²) in [7, 11) is 3.07. The molecule has 2 N–H and O–H groups in total. The molecule has 1 aromatic carbocycles. The predicted octanol–water partition coefficient (Wildman–Crippen LogP) is 0.345. The smallest absolute Gasteiger partial charge is 0.248 e. The van der Waals surface area contributed by atoms with Gasteiger partial charge in [-0.2, -0.15) is 0 Å². The van der Waals surface area contributed by atoms with Gasteiger partial charge in [-0.25, -0.2) is 4.68 Å². The van der Waals surface area contributed by atoms with Crippen LogP contribution in [0.3, 0.4) is 0 Å². The number of aliphatic hydroxyl groups is 1. The predicted molar refractivity (Wildman–Crippen MR) is 98.1 cm³/mol. The van der Waals surface area contributed by atoms with Gasteiger partial charge < -0.3 is 20.1 Å². The summed E-state index contributed by atoms with van der Waals surface area (Å²) in [5, 5.41) is 21.0. The van der Waals surface area contributed by atoms with Crippen LogP contribution in [0.15, 0.2) is 18.2 Å². The Balaban J connectivity index is 2.01. The van der Waals surface area contributed by atoms with Crippen LogP contribution in [0.2, 0.25) is 0 Å². The first-order valence-corrected chi connectivity index (χ1v) is 8.97. The van der Waals surface area contributed by atoms with Gasteiger partial charge in [-0.15, -0.1) is 5.10 Å². The number of nitrogens with zero attached hydrogens (tertiary/aromatic N) is 4. The number of rotatable bonds is 5. The van der Waals surface area contributed by atoms with E-state index >= 15 is 0 Å². The molecule has 0 bridgehead atoms. The van der Waals surface area contributed by atoms with Crippen LogP contribution in [-0.2, 0) is 9.59 Å². The highest BCUT2D eigenvalue weighted by Gasteiger charge is 2.42. The van der Waals surface area contributed by atoms with Crippen LogP contribution in [0.25, 0.3) is 11.0 Å². The van der Waals surface area contributed by atoms with Crippen molar-refractivity contribution in [1.29, 1.82) is 0 Å². The third kappa shape index (κ3) is 3.34. The molecule has 146 valence electrons. The third-order valence-corrected chi connectivity index (χ3v) is 4.94. The Labute approximate surface area is 157 Å². The molecule has 2 heterocycles. The van der Waals surface area contributed by atoms with Gasteiger partial charge in [-0.05, 0) is 18.1 Å². The molecule has 3 atom stereocenters. The number of amides is 2. The third-order valence-electron chi connectivity index (χ3n) is 4.94. The van der Waals surface area contributed by atoms with Crippen molar-refractivity contribution in [3.8, 4) is 5.75 Å². The number of hydrogen-bond acceptors (Lipinski definition) is 6. The minimum Gasteiger partial charge on any atom is -0.494 e. The maximum atomic E-state index is 13.4. The molecular formula is C18H25N5O4. The summed E-state index contributed by atoms with van der Waals surface area (Å²) in [6.07, 6.45) is -0.501. The topological polar surface area (TPSA) is 110 Å². The number of fused-ring (bicyclic) bond motifs is 1. The number of methoxy groups -OCH3 is 1. The maximum absolute atomic E-state index is 13.4. The second kappa shape index (κ2) is 7.51. The zero-order chi connectivity index (χ0) is 19.7. The van der Waals surface area contributed by atoms with Gasteiger partial charge in [-0.1, -0.05) is 25.1 Å². The van der Waals surface area contributed by atoms with Crippen LogP contribution >= 0.6 is 0 Å². The second-order valence-electron chi connectivity index (χ2n) is 7.06. The molecule has 0 saturated carbocycles. The highest BCUT2D eigenvalue weighted by Crippen LogP contribution is 2.30. The van der Waals surface area contributed by atoms with E-state index in [0.717, 1.165) is 0 Å². The molecule has 1 aliphatic rings. The van der Waals surface area contributed by atoms with Gasteiger partial charge in [0.1, 0.15) is 17.8 Å². The standard InChI is InChI=1S/C18H25N5O4/c1-10(2)16(18(26)22-9-11(24)8-13(22)17(25)19-3)23-12-6-5-7-14(27-4)15(12)20-21-23/h5-7,10-11,13,16,24H,8-9H2,1-4H3,(H,19,25)/t11-,13+,16?/m1/s1. The van der Waals surface area contributed by atoms with E-state index < -0.39 is 18.2 Å². The zero-order valence-electron chi connectivity index (χ0n) is 15.9. The summed E-state index contributed by atoms with van der Waals surface area (Å²) in [6.45, 7) is 3.95. The molecule has 3 rings (SSSR count). The van der Waals surface area contributed by atoms with Crippen molar-refractivity contribution in [2.75, 3.05) is 20.7 Å². The lowest BCUT2D eigenvalue weighted by Gasteiger charge is -2.29. The van der Waals surface area contributed by atoms with Gasteiger partial charge >= 0.3 is 0 Å². The number of hydrogen-bond donors (Lipinski definition) is 2. The minimum absolute atomic E-state index is 0.100. The number of nitrogens with one attached hydrogen (secondary N) is 1. The van der Waals surface area contributed by atoms with Crippen molar-refractivity contribution < 1.29 is 19.4 Å². The molecule has 2 amide bonds. The van der Waals surface area contributed by atoms with Gasteiger partial charge in [0, 0.05) is 20.0 Å².